The number of likely N-dealkylation sites (N-methyl/N-ethyl adjacent to an activating group) is 1. The Labute approximate surface area is 89.3 Å². The van der Waals surface area contributed by atoms with Crippen molar-refractivity contribution in [2.75, 3.05) is 20.6 Å². The van der Waals surface area contributed by atoms with Crippen LogP contribution in [-0.2, 0) is 0 Å². The highest BCUT2D eigenvalue weighted by atomic mass is 15.3. The molecule has 1 aliphatic rings. The van der Waals surface area contributed by atoms with Crippen LogP contribution in [0.25, 0.3) is 0 Å². The maximum absolute atomic E-state index is 2.63. The summed E-state index contributed by atoms with van der Waals surface area (Å²) < 4.78 is 0. The first-order valence-corrected chi connectivity index (χ1v) is 5.59. The van der Waals surface area contributed by atoms with E-state index in [2.05, 4.69) is 58.5 Å². The second-order valence-corrected chi connectivity index (χ2v) is 6.42. The number of hydrogen-bond acceptors (Lipinski definition) is 2. The molecule has 0 aliphatic carbocycles. The van der Waals surface area contributed by atoms with E-state index in [9.17, 15) is 0 Å². The van der Waals surface area contributed by atoms with Crippen molar-refractivity contribution < 1.29 is 0 Å². The second-order valence-electron chi connectivity index (χ2n) is 6.42. The molecule has 0 radical (unpaired) electrons. The van der Waals surface area contributed by atoms with E-state index in [1.807, 2.05) is 0 Å². The highest BCUT2D eigenvalue weighted by Crippen LogP contribution is 2.36. The average Bonchev–Trinajstić information content (AvgIpc) is 2.24. The number of likely N-dealkylation sites (tertiary alicyclic amines) is 1. The minimum Gasteiger partial charge on any atom is -0.305 e. The van der Waals surface area contributed by atoms with Crippen LogP contribution in [0.2, 0.25) is 0 Å². The van der Waals surface area contributed by atoms with Crippen molar-refractivity contribution in [2.24, 2.45) is 0 Å². The molecule has 2 heteroatoms. The lowest BCUT2D eigenvalue weighted by molar-refractivity contribution is 0.0664. The monoisotopic (exact) mass is 198 g/mol. The summed E-state index contributed by atoms with van der Waals surface area (Å²) in [7, 11) is 4.37. The number of hydrogen-bond donors (Lipinski definition) is 0. The van der Waals surface area contributed by atoms with Gasteiger partial charge in [0.1, 0.15) is 0 Å². The van der Waals surface area contributed by atoms with Crippen molar-refractivity contribution in [2.45, 2.75) is 58.2 Å². The van der Waals surface area contributed by atoms with E-state index in [1.54, 1.807) is 0 Å². The van der Waals surface area contributed by atoms with Crippen LogP contribution in [0.15, 0.2) is 0 Å². The Morgan fingerprint density at radius 2 is 1.71 bits per heavy atom. The lowest BCUT2D eigenvalue weighted by atomic mass is 9.95. The third-order valence-electron chi connectivity index (χ3n) is 3.40. The van der Waals surface area contributed by atoms with Crippen molar-refractivity contribution in [3.8, 4) is 0 Å². The zero-order valence-corrected chi connectivity index (χ0v) is 10.9. The van der Waals surface area contributed by atoms with Gasteiger partial charge in [0.05, 0.1) is 0 Å². The van der Waals surface area contributed by atoms with Crippen molar-refractivity contribution >= 4 is 0 Å². The third kappa shape index (κ3) is 2.29. The molecule has 1 fully saturated rings. The molecule has 1 aliphatic heterocycles. The molecule has 1 rings (SSSR count). The fourth-order valence-corrected chi connectivity index (χ4v) is 2.74. The molecule has 1 saturated heterocycles. The molecule has 0 amide bonds. The van der Waals surface area contributed by atoms with Gasteiger partial charge in [0.15, 0.2) is 0 Å². The van der Waals surface area contributed by atoms with Crippen LogP contribution in [0.4, 0.5) is 0 Å². The summed E-state index contributed by atoms with van der Waals surface area (Å²) in [6, 6.07) is 0.712. The largest absolute Gasteiger partial charge is 0.305 e. The van der Waals surface area contributed by atoms with Crippen molar-refractivity contribution in [3.05, 3.63) is 0 Å². The zero-order chi connectivity index (χ0) is 11.1. The van der Waals surface area contributed by atoms with Crippen LogP contribution >= 0.6 is 0 Å². The van der Waals surface area contributed by atoms with Gasteiger partial charge in [-0.1, -0.05) is 0 Å². The third-order valence-corrected chi connectivity index (χ3v) is 3.40. The van der Waals surface area contributed by atoms with E-state index in [1.165, 1.54) is 13.0 Å². The molecule has 0 N–H and O–H groups in total. The van der Waals surface area contributed by atoms with Gasteiger partial charge in [-0.15, -0.1) is 0 Å². The molecule has 0 aromatic rings. The van der Waals surface area contributed by atoms with Gasteiger partial charge in [-0.05, 0) is 55.1 Å². The van der Waals surface area contributed by atoms with Crippen LogP contribution in [0.1, 0.15) is 41.0 Å². The SMILES string of the molecule is CN(C)C1CN(C(C)(C)C)C(C)(C)C1. The Hall–Kier alpha value is -0.0800. The molecule has 0 aromatic heterocycles. The Kier molecular flexibility index (Phi) is 2.99. The van der Waals surface area contributed by atoms with Crippen molar-refractivity contribution in [1.29, 1.82) is 0 Å². The summed E-state index contributed by atoms with van der Waals surface area (Å²) in [5, 5.41) is 0. The summed E-state index contributed by atoms with van der Waals surface area (Å²) in [5.41, 5.74) is 0.626. The standard InChI is InChI=1S/C12H26N2/c1-11(2,3)14-9-10(13(6)7)8-12(14,4)5/h10H,8-9H2,1-7H3. The molecular weight excluding hydrogens is 172 g/mol. The molecule has 0 bridgehead atoms. The quantitative estimate of drug-likeness (QED) is 0.637. The number of rotatable bonds is 1. The Morgan fingerprint density at radius 1 is 1.21 bits per heavy atom. The van der Waals surface area contributed by atoms with E-state index in [-0.39, 0.29) is 5.54 Å². The highest BCUT2D eigenvalue weighted by molar-refractivity contribution is 5.00. The summed E-state index contributed by atoms with van der Waals surface area (Å²) in [4.78, 5) is 4.98. The minimum atomic E-state index is 0.286. The van der Waals surface area contributed by atoms with Gasteiger partial charge < -0.3 is 4.90 Å². The van der Waals surface area contributed by atoms with E-state index < -0.39 is 0 Å². The van der Waals surface area contributed by atoms with Crippen molar-refractivity contribution in [3.63, 3.8) is 0 Å². The predicted octanol–water partition coefficient (Wildman–Crippen LogP) is 2.20. The summed E-state index contributed by atoms with van der Waals surface area (Å²) in [6.45, 7) is 12.9. The molecule has 84 valence electrons. The molecule has 1 atom stereocenters. The summed E-state index contributed by atoms with van der Waals surface area (Å²) in [6.07, 6.45) is 1.28. The molecular formula is C12H26N2. The fraction of sp³-hybridized carbons (Fsp3) is 1.00. The van der Waals surface area contributed by atoms with Crippen molar-refractivity contribution in [1.82, 2.24) is 9.80 Å². The van der Waals surface area contributed by atoms with Crippen LogP contribution in [0, 0.1) is 0 Å². The van der Waals surface area contributed by atoms with Crippen LogP contribution < -0.4 is 0 Å². The Morgan fingerprint density at radius 3 is 1.93 bits per heavy atom. The second kappa shape index (κ2) is 3.49. The van der Waals surface area contributed by atoms with Gasteiger partial charge in [-0.2, -0.15) is 0 Å². The lowest BCUT2D eigenvalue weighted by Gasteiger charge is -2.42. The maximum Gasteiger partial charge on any atom is 0.0234 e. The van der Waals surface area contributed by atoms with E-state index in [0.717, 1.165) is 0 Å². The minimum absolute atomic E-state index is 0.286. The maximum atomic E-state index is 2.63. The fourth-order valence-electron chi connectivity index (χ4n) is 2.74. The molecule has 0 spiro atoms. The number of nitrogens with zero attached hydrogens (tertiary/aromatic N) is 2. The van der Waals surface area contributed by atoms with Gasteiger partial charge in [-0.3, -0.25) is 4.90 Å². The van der Waals surface area contributed by atoms with Crippen LogP contribution in [0.3, 0.4) is 0 Å². The first kappa shape index (κ1) is 12.0. The molecule has 0 saturated carbocycles. The molecule has 2 nitrogen and oxygen atoms in total. The predicted molar refractivity (Wildman–Crippen MR) is 62.6 cm³/mol. The Balaban J connectivity index is 2.79. The van der Waals surface area contributed by atoms with Crippen LogP contribution in [0.5, 0.6) is 0 Å². The molecule has 14 heavy (non-hydrogen) atoms. The molecule has 1 unspecified atom stereocenters. The first-order valence-electron chi connectivity index (χ1n) is 5.59. The summed E-state index contributed by atoms with van der Waals surface area (Å²) in [5.74, 6) is 0. The molecule has 1 heterocycles. The van der Waals surface area contributed by atoms with E-state index >= 15 is 0 Å². The molecule has 0 aromatic carbocycles. The van der Waals surface area contributed by atoms with Gasteiger partial charge >= 0.3 is 0 Å². The summed E-state index contributed by atoms with van der Waals surface area (Å²) >= 11 is 0. The Bertz CT molecular complexity index is 201. The normalized spacial score (nSPS) is 28.7. The zero-order valence-electron chi connectivity index (χ0n) is 10.9. The average molecular weight is 198 g/mol. The van der Waals surface area contributed by atoms with Gasteiger partial charge in [0.25, 0.3) is 0 Å². The van der Waals surface area contributed by atoms with Gasteiger partial charge in [0, 0.05) is 23.7 Å². The first-order chi connectivity index (χ1) is 6.14. The highest BCUT2D eigenvalue weighted by Gasteiger charge is 2.43. The van der Waals surface area contributed by atoms with Crippen LogP contribution in [-0.4, -0.2) is 47.6 Å². The lowest BCUT2D eigenvalue weighted by Crippen LogP contribution is -2.50. The van der Waals surface area contributed by atoms with E-state index in [0.29, 0.717) is 11.6 Å². The topological polar surface area (TPSA) is 6.48 Å². The smallest absolute Gasteiger partial charge is 0.0234 e. The van der Waals surface area contributed by atoms with Gasteiger partial charge in [-0.25, -0.2) is 0 Å². The van der Waals surface area contributed by atoms with E-state index in [4.69, 9.17) is 0 Å². The van der Waals surface area contributed by atoms with Gasteiger partial charge in [0.2, 0.25) is 0 Å².